The third-order valence-electron chi connectivity index (χ3n) is 0.389. The molecule has 0 aromatic rings. The molecule has 0 aliphatic heterocycles. The van der Waals surface area contributed by atoms with Crippen molar-refractivity contribution in [2.24, 2.45) is 15.3 Å². The van der Waals surface area contributed by atoms with Crippen LogP contribution in [-0.4, -0.2) is 28.9 Å². The molecule has 0 heterocycles. The lowest BCUT2D eigenvalue weighted by Gasteiger charge is -1.92. The van der Waals surface area contributed by atoms with Gasteiger partial charge in [-0.15, -0.1) is 0 Å². The summed E-state index contributed by atoms with van der Waals surface area (Å²) in [6, 6.07) is -1.19. The van der Waals surface area contributed by atoms with Gasteiger partial charge in [0.25, 0.3) is 16.3 Å². The number of nitrogens with two attached hydrogens (primary N) is 2. The molecule has 0 saturated heterocycles. The fourth-order valence-electron chi connectivity index (χ4n) is 0.185. The van der Waals surface area contributed by atoms with Gasteiger partial charge in [-0.1, -0.05) is 4.40 Å². The number of isocyanates is 1. The van der Waals surface area contributed by atoms with Gasteiger partial charge in [0.15, 0.2) is 0 Å². The molecule has 0 aromatic carbocycles. The number of carbonyl (C=O) groups is 1. The van der Waals surface area contributed by atoms with E-state index in [1.54, 1.807) is 0 Å². The molecule has 13 heteroatoms. The number of amides is 2. The number of hydrogen-bond donors (Lipinski definition) is 3. The molecule has 0 bridgehead atoms. The summed E-state index contributed by atoms with van der Waals surface area (Å²) in [6.45, 7) is 0. The first kappa shape index (κ1) is 16.2. The number of urea groups is 1. The average molecular weight is 281 g/mol. The molecule has 0 unspecified atom stereocenters. The van der Waals surface area contributed by atoms with E-state index in [4.69, 9.17) is 4.79 Å². The molecular weight excluding hydrogens is 276 g/mol. The van der Waals surface area contributed by atoms with E-state index < -0.39 is 25.5 Å². The minimum absolute atomic E-state index is 0.763. The third kappa shape index (κ3) is 24.5. The minimum atomic E-state index is -4.00. The zero-order valence-corrected chi connectivity index (χ0v) is 9.13. The highest BCUT2D eigenvalue weighted by atomic mass is 35.7. The van der Waals surface area contributed by atoms with Gasteiger partial charge in [-0.05, 0) is 0 Å². The molecule has 10 nitrogen and oxygen atoms in total. The van der Waals surface area contributed by atoms with E-state index in [-0.39, 0.29) is 0 Å². The van der Waals surface area contributed by atoms with Gasteiger partial charge in [-0.25, -0.2) is 19.5 Å². The minimum Gasteiger partial charge on any atom is -0.351 e. The van der Waals surface area contributed by atoms with Gasteiger partial charge >= 0.3 is 15.3 Å². The number of rotatable bonds is 2. The predicted molar refractivity (Wildman–Crippen MR) is 48.7 cm³/mol. The average Bonchev–Trinajstić information content (AvgIpc) is 1.77. The van der Waals surface area contributed by atoms with E-state index in [9.17, 15) is 21.6 Å². The van der Waals surface area contributed by atoms with Crippen LogP contribution >= 0.6 is 10.7 Å². The number of nitrogens with zero attached hydrogens (tertiary/aromatic N) is 1. The molecule has 2 amide bonds. The number of carbonyl (C=O) groups excluding carboxylic acids is 2. The van der Waals surface area contributed by atoms with E-state index in [0.29, 0.717) is 0 Å². The maximum atomic E-state index is 9.81. The van der Waals surface area contributed by atoms with Crippen molar-refractivity contribution in [2.75, 3.05) is 0 Å². The molecule has 0 saturated carbocycles. The third-order valence-corrected chi connectivity index (χ3v) is 1.37. The van der Waals surface area contributed by atoms with Crippen LogP contribution in [0.2, 0.25) is 0 Å². The zero-order chi connectivity index (χ0) is 12.7. The molecule has 0 rings (SSSR count). The highest BCUT2D eigenvalue weighted by molar-refractivity contribution is 8.12. The first-order valence-electron chi connectivity index (χ1n) is 2.61. The van der Waals surface area contributed by atoms with Gasteiger partial charge in [0.05, 0.1) is 0 Å². The SMILES string of the molecule is NC(=O)NS(N)(=O)=O.O=C=NS(=O)(=O)Cl. The Morgan fingerprint density at radius 3 is 1.73 bits per heavy atom. The zero-order valence-electron chi connectivity index (χ0n) is 6.75. The van der Waals surface area contributed by atoms with Crippen LogP contribution in [0.25, 0.3) is 0 Å². The van der Waals surface area contributed by atoms with Gasteiger partial charge in [0, 0.05) is 10.7 Å². The van der Waals surface area contributed by atoms with Crippen LogP contribution in [0.1, 0.15) is 0 Å². The second-order valence-electron chi connectivity index (χ2n) is 1.61. The summed E-state index contributed by atoms with van der Waals surface area (Å²) in [5, 5.41) is 4.30. The number of halogens is 1. The summed E-state index contributed by atoms with van der Waals surface area (Å²) < 4.78 is 42.2. The van der Waals surface area contributed by atoms with Crippen LogP contribution < -0.4 is 15.6 Å². The Morgan fingerprint density at radius 1 is 1.33 bits per heavy atom. The molecule has 0 fully saturated rings. The summed E-state index contributed by atoms with van der Waals surface area (Å²) in [4.78, 5) is 18.7. The van der Waals surface area contributed by atoms with Crippen LogP contribution in [0.5, 0.6) is 0 Å². The Hall–Kier alpha value is -1.20. The maximum Gasteiger partial charge on any atom is 0.350 e. The van der Waals surface area contributed by atoms with E-state index in [2.05, 4.69) is 26.0 Å². The molecule has 0 spiro atoms. The number of primary amides is 1. The molecular formula is C2H5ClN4O6S2. The van der Waals surface area contributed by atoms with Crippen LogP contribution in [0, 0.1) is 0 Å². The first-order valence-corrected chi connectivity index (χ1v) is 6.43. The molecule has 0 aromatic heterocycles. The Morgan fingerprint density at radius 2 is 1.73 bits per heavy atom. The molecule has 88 valence electrons. The topological polar surface area (TPSA) is 179 Å². The lowest BCUT2D eigenvalue weighted by atomic mass is 11.2. The number of nitrogens with one attached hydrogen (secondary N) is 1. The quantitative estimate of drug-likeness (QED) is 0.290. The Bertz CT molecular complexity index is 459. The van der Waals surface area contributed by atoms with Crippen LogP contribution in [0.3, 0.4) is 0 Å². The molecule has 0 aliphatic rings. The van der Waals surface area contributed by atoms with Crippen molar-refractivity contribution in [2.45, 2.75) is 0 Å². The van der Waals surface area contributed by atoms with E-state index >= 15 is 0 Å². The normalized spacial score (nSPS) is 10.3. The van der Waals surface area contributed by atoms with Crippen molar-refractivity contribution in [1.29, 1.82) is 0 Å². The largest absolute Gasteiger partial charge is 0.351 e. The summed E-state index contributed by atoms with van der Waals surface area (Å²) >= 11 is 0. The van der Waals surface area contributed by atoms with Crippen molar-refractivity contribution >= 4 is 42.2 Å². The summed E-state index contributed by atoms with van der Waals surface area (Å²) in [5.41, 5.74) is 4.37. The fourth-order valence-corrected chi connectivity index (χ4v) is 0.639. The second-order valence-corrected chi connectivity index (χ2v) is 5.08. The van der Waals surface area contributed by atoms with Gasteiger partial charge in [-0.2, -0.15) is 16.8 Å². The summed E-state index contributed by atoms with van der Waals surface area (Å²) in [6.07, 6.45) is 0.763. The Balaban J connectivity index is 0. The van der Waals surface area contributed by atoms with Crippen molar-refractivity contribution in [3.63, 3.8) is 0 Å². The molecule has 0 radical (unpaired) electrons. The lowest BCUT2D eigenvalue weighted by Crippen LogP contribution is -2.39. The molecule has 15 heavy (non-hydrogen) atoms. The standard InChI is InChI=1S/CClNO3S.CH5N3O3S/c2-7(5,6)3-1-4;2-1(5)4-8(3,6)7/h;(H3,2,4,5)(H2,3,6,7). The molecule has 0 atom stereocenters. The van der Waals surface area contributed by atoms with Gasteiger partial charge < -0.3 is 5.73 Å². The fraction of sp³-hybridized carbons (Fsp3) is 0. The van der Waals surface area contributed by atoms with Gasteiger partial charge in [0.2, 0.25) is 0 Å². The van der Waals surface area contributed by atoms with Crippen molar-refractivity contribution in [3.05, 3.63) is 0 Å². The summed E-state index contributed by atoms with van der Waals surface area (Å²) in [7, 11) is -3.57. The van der Waals surface area contributed by atoms with Gasteiger partial charge in [-0.3, -0.25) is 0 Å². The van der Waals surface area contributed by atoms with E-state index in [1.807, 2.05) is 0 Å². The van der Waals surface area contributed by atoms with Crippen LogP contribution in [0.15, 0.2) is 4.40 Å². The van der Waals surface area contributed by atoms with Gasteiger partial charge in [0.1, 0.15) is 0 Å². The van der Waals surface area contributed by atoms with E-state index in [0.717, 1.165) is 6.08 Å². The lowest BCUT2D eigenvalue weighted by molar-refractivity contribution is 0.253. The van der Waals surface area contributed by atoms with Crippen molar-refractivity contribution < 1.29 is 26.4 Å². The monoisotopic (exact) mass is 280 g/mol. The van der Waals surface area contributed by atoms with Crippen LogP contribution in [-0.2, 0) is 24.2 Å². The maximum absolute atomic E-state index is 9.81. The summed E-state index contributed by atoms with van der Waals surface area (Å²) in [5.74, 6) is 0. The van der Waals surface area contributed by atoms with E-state index in [1.165, 1.54) is 4.72 Å². The van der Waals surface area contributed by atoms with Crippen LogP contribution in [0.4, 0.5) is 4.79 Å². The van der Waals surface area contributed by atoms with Crippen molar-refractivity contribution in [3.8, 4) is 0 Å². The Labute approximate surface area is 89.0 Å². The second kappa shape index (κ2) is 6.31. The highest BCUT2D eigenvalue weighted by Crippen LogP contribution is 1.93. The molecule has 0 aliphatic carbocycles. The molecule has 5 N–H and O–H groups in total. The smallest absolute Gasteiger partial charge is 0.350 e. The Kier molecular flexibility index (Phi) is 6.84. The van der Waals surface area contributed by atoms with Crippen molar-refractivity contribution in [1.82, 2.24) is 4.72 Å². The predicted octanol–water partition coefficient (Wildman–Crippen LogP) is -2.34. The highest BCUT2D eigenvalue weighted by Gasteiger charge is 2.01. The number of hydrogen-bond acceptors (Lipinski definition) is 6. The first-order chi connectivity index (χ1) is 6.48.